The van der Waals surface area contributed by atoms with Gasteiger partial charge in [0.25, 0.3) is 0 Å². The zero-order chi connectivity index (χ0) is 26.1. The molecular formula is C25H45N3O7. The van der Waals surface area contributed by atoms with E-state index in [1.54, 1.807) is 0 Å². The Morgan fingerprint density at radius 3 is 1.91 bits per heavy atom. The molecule has 0 saturated carbocycles. The molecule has 0 aliphatic carbocycles. The first kappa shape index (κ1) is 31.0. The average Bonchev–Trinajstić information content (AvgIpc) is 3.11. The van der Waals surface area contributed by atoms with Gasteiger partial charge in [-0.3, -0.25) is 9.36 Å². The Kier molecular flexibility index (Phi) is 16.2. The normalized spacial score (nSPS) is 21.5. The number of aromatic nitrogens is 2. The summed E-state index contributed by atoms with van der Waals surface area (Å²) < 4.78 is 6.19. The van der Waals surface area contributed by atoms with Gasteiger partial charge in [0.05, 0.1) is 6.61 Å². The summed E-state index contributed by atoms with van der Waals surface area (Å²) in [5, 5.41) is 36.6. The Bertz CT molecular complexity index is 759. The van der Waals surface area contributed by atoms with E-state index in [2.05, 4.69) is 11.9 Å². The minimum atomic E-state index is -1.31. The molecule has 4 atom stereocenters. The number of carboxylic acids is 1. The maximum absolute atomic E-state index is 11.5. The first-order valence-electron chi connectivity index (χ1n) is 13.0. The number of carboxylic acid groups (broad SMARTS) is 1. The van der Waals surface area contributed by atoms with Crippen LogP contribution in [0.5, 0.6) is 0 Å². The first-order chi connectivity index (χ1) is 16.8. The van der Waals surface area contributed by atoms with E-state index >= 15 is 0 Å². The number of aliphatic carboxylic acids is 1. The predicted octanol–water partition coefficient (Wildman–Crippen LogP) is 2.99. The number of unbranched alkanes of at least 4 members (excludes halogenated alkanes) is 12. The summed E-state index contributed by atoms with van der Waals surface area (Å²) in [6, 6.07) is 1.37. The molecule has 2 heterocycles. The number of nitrogen functional groups attached to an aromatic ring is 1. The molecule has 1 saturated heterocycles. The van der Waals surface area contributed by atoms with Crippen LogP contribution in [0.3, 0.4) is 0 Å². The summed E-state index contributed by atoms with van der Waals surface area (Å²) in [4.78, 5) is 25.3. The summed E-state index contributed by atoms with van der Waals surface area (Å²) >= 11 is 0. The highest BCUT2D eigenvalue weighted by Crippen LogP contribution is 2.27. The minimum absolute atomic E-state index is 0.0537. The number of hydrogen-bond donors (Lipinski definition) is 5. The quantitative estimate of drug-likeness (QED) is 0.215. The summed E-state index contributed by atoms with van der Waals surface area (Å²) in [5.41, 5.74) is 4.63. The maximum atomic E-state index is 11.5. The molecule has 6 N–H and O–H groups in total. The molecule has 1 aliphatic rings. The second kappa shape index (κ2) is 18.3. The molecule has 0 aromatic carbocycles. The highest BCUT2D eigenvalue weighted by Gasteiger charge is 2.43. The number of nitrogens with zero attached hydrogens (tertiary/aromatic N) is 2. The molecule has 202 valence electrons. The van der Waals surface area contributed by atoms with Crippen LogP contribution in [0.1, 0.15) is 103 Å². The van der Waals surface area contributed by atoms with Gasteiger partial charge in [-0.2, -0.15) is 4.98 Å². The van der Waals surface area contributed by atoms with Gasteiger partial charge in [0.2, 0.25) is 0 Å². The van der Waals surface area contributed by atoms with Crippen LogP contribution < -0.4 is 11.4 Å². The highest BCUT2D eigenvalue weighted by atomic mass is 16.6. The molecule has 1 aromatic rings. The van der Waals surface area contributed by atoms with E-state index in [-0.39, 0.29) is 5.82 Å². The van der Waals surface area contributed by atoms with Crippen LogP contribution in [0.25, 0.3) is 0 Å². The van der Waals surface area contributed by atoms with Gasteiger partial charge in [-0.1, -0.05) is 84.0 Å². The molecule has 0 unspecified atom stereocenters. The fourth-order valence-electron chi connectivity index (χ4n) is 4.02. The van der Waals surface area contributed by atoms with Crippen LogP contribution in [0.2, 0.25) is 0 Å². The summed E-state index contributed by atoms with van der Waals surface area (Å²) in [6.45, 7) is 1.81. The van der Waals surface area contributed by atoms with Crippen molar-refractivity contribution in [3.8, 4) is 0 Å². The second-order valence-corrected chi connectivity index (χ2v) is 9.16. The summed E-state index contributed by atoms with van der Waals surface area (Å²) in [5.74, 6) is -0.601. The fourth-order valence-corrected chi connectivity index (χ4v) is 4.02. The number of carbonyl (C=O) groups is 1. The van der Waals surface area contributed by atoms with Crippen LogP contribution in [0.15, 0.2) is 17.1 Å². The van der Waals surface area contributed by atoms with Gasteiger partial charge in [-0.05, 0) is 12.5 Å². The molecule has 10 nitrogen and oxygen atoms in total. The van der Waals surface area contributed by atoms with Gasteiger partial charge < -0.3 is 30.9 Å². The van der Waals surface area contributed by atoms with Gasteiger partial charge in [0, 0.05) is 12.6 Å². The molecule has 2 rings (SSSR count). The van der Waals surface area contributed by atoms with Crippen molar-refractivity contribution in [1.82, 2.24) is 9.55 Å². The van der Waals surface area contributed by atoms with Gasteiger partial charge in [-0.25, -0.2) is 4.79 Å². The van der Waals surface area contributed by atoms with E-state index in [0.29, 0.717) is 6.42 Å². The molecule has 0 radical (unpaired) electrons. The van der Waals surface area contributed by atoms with Crippen molar-refractivity contribution in [1.29, 1.82) is 0 Å². The van der Waals surface area contributed by atoms with Crippen molar-refractivity contribution in [2.24, 2.45) is 0 Å². The lowest BCUT2D eigenvalue weighted by Crippen LogP contribution is -2.36. The van der Waals surface area contributed by atoms with Gasteiger partial charge >= 0.3 is 11.7 Å². The Morgan fingerprint density at radius 1 is 0.971 bits per heavy atom. The lowest BCUT2D eigenvalue weighted by atomic mass is 10.0. The largest absolute Gasteiger partial charge is 0.481 e. The van der Waals surface area contributed by atoms with E-state index in [1.807, 2.05) is 0 Å². The van der Waals surface area contributed by atoms with E-state index in [4.69, 9.17) is 20.7 Å². The Labute approximate surface area is 208 Å². The van der Waals surface area contributed by atoms with Crippen LogP contribution >= 0.6 is 0 Å². The topological polar surface area (TPSA) is 168 Å². The summed E-state index contributed by atoms with van der Waals surface area (Å²) in [6.07, 6.45) is 14.0. The van der Waals surface area contributed by atoms with Crippen molar-refractivity contribution in [3.05, 3.63) is 22.7 Å². The third kappa shape index (κ3) is 12.5. The van der Waals surface area contributed by atoms with E-state index < -0.39 is 42.8 Å². The number of aliphatic hydroxyl groups is 3. The lowest BCUT2D eigenvalue weighted by Gasteiger charge is -2.16. The zero-order valence-electron chi connectivity index (χ0n) is 21.1. The first-order valence-corrected chi connectivity index (χ1v) is 13.0. The molecule has 0 amide bonds. The van der Waals surface area contributed by atoms with Crippen molar-refractivity contribution in [2.75, 3.05) is 12.3 Å². The van der Waals surface area contributed by atoms with Crippen LogP contribution in [-0.2, 0) is 9.53 Å². The number of ether oxygens (including phenoxy) is 1. The Hall–Kier alpha value is -2.01. The van der Waals surface area contributed by atoms with E-state index in [1.165, 1.54) is 82.9 Å². The molecule has 1 fully saturated rings. The van der Waals surface area contributed by atoms with Gasteiger partial charge in [0.1, 0.15) is 24.1 Å². The molecule has 0 bridgehead atoms. The zero-order valence-corrected chi connectivity index (χ0v) is 21.1. The van der Waals surface area contributed by atoms with Gasteiger partial charge in [-0.15, -0.1) is 0 Å². The standard InChI is InChI=1S/C16H32O2.C9H13N3O5/c1-2-3-4-5-6-7-8-9-10-11-12-13-14-15-16(17)18;10-5-1-2-12(9(16)11-5)8-7(15)6(14)4(3-13)17-8/h2-15H2,1H3,(H,17,18);1-2,4,6-8,13-15H,3H2,(H2,10,11,16)/t;4-,6-,7+,8-/m.1/s1. The van der Waals surface area contributed by atoms with Gasteiger partial charge in [0.15, 0.2) is 6.23 Å². The predicted molar refractivity (Wildman–Crippen MR) is 134 cm³/mol. The number of rotatable bonds is 16. The molecule has 1 aromatic heterocycles. The summed E-state index contributed by atoms with van der Waals surface area (Å²) in [7, 11) is 0. The Morgan fingerprint density at radius 2 is 1.49 bits per heavy atom. The molecule has 0 spiro atoms. The van der Waals surface area contributed by atoms with Crippen molar-refractivity contribution >= 4 is 11.8 Å². The van der Waals surface area contributed by atoms with E-state index in [0.717, 1.165) is 17.4 Å². The van der Waals surface area contributed by atoms with Crippen molar-refractivity contribution < 1.29 is 30.0 Å². The van der Waals surface area contributed by atoms with Crippen LogP contribution in [-0.4, -0.2) is 60.9 Å². The third-order valence-electron chi connectivity index (χ3n) is 6.14. The second-order valence-electron chi connectivity index (χ2n) is 9.16. The van der Waals surface area contributed by atoms with Crippen molar-refractivity contribution in [2.45, 2.75) is 121 Å². The Balaban J connectivity index is 0.000000350. The number of aliphatic hydroxyl groups excluding tert-OH is 3. The van der Waals surface area contributed by atoms with E-state index in [9.17, 15) is 19.8 Å². The molecule has 1 aliphatic heterocycles. The fraction of sp³-hybridized carbons (Fsp3) is 0.800. The molecular weight excluding hydrogens is 454 g/mol. The lowest BCUT2D eigenvalue weighted by molar-refractivity contribution is -0.137. The van der Waals surface area contributed by atoms with Crippen molar-refractivity contribution in [3.63, 3.8) is 0 Å². The highest BCUT2D eigenvalue weighted by molar-refractivity contribution is 5.66. The monoisotopic (exact) mass is 499 g/mol. The number of anilines is 1. The smallest absolute Gasteiger partial charge is 0.351 e. The number of hydrogen-bond acceptors (Lipinski definition) is 8. The average molecular weight is 500 g/mol. The SMILES string of the molecule is CCCCCCCCCCCCCCCC(=O)O.Nc1ccn([C@@H]2O[C@H](CO)[C@@H](O)[C@@H]2O)c(=O)n1. The molecule has 35 heavy (non-hydrogen) atoms. The van der Waals surface area contributed by atoms with Crippen LogP contribution in [0, 0.1) is 0 Å². The maximum Gasteiger partial charge on any atom is 0.351 e. The molecule has 10 heteroatoms. The third-order valence-corrected chi connectivity index (χ3v) is 6.14. The minimum Gasteiger partial charge on any atom is -0.481 e. The number of nitrogens with two attached hydrogens (primary N) is 1. The van der Waals surface area contributed by atoms with Crippen LogP contribution in [0.4, 0.5) is 5.82 Å².